The van der Waals surface area contributed by atoms with Crippen molar-refractivity contribution in [2.45, 2.75) is 25.1 Å². The lowest BCUT2D eigenvalue weighted by atomic mass is 9.97. The number of aromatic nitrogens is 4. The smallest absolute Gasteiger partial charge is 0.387 e. The largest absolute Gasteiger partial charge is 0.534 e. The Morgan fingerprint density at radius 3 is 2.53 bits per heavy atom. The van der Waals surface area contributed by atoms with Gasteiger partial charge in [-0.15, -0.1) is 0 Å². The van der Waals surface area contributed by atoms with Gasteiger partial charge in [0.15, 0.2) is 0 Å². The number of aliphatic hydroxyl groups excluding tert-OH is 1. The van der Waals surface area contributed by atoms with Gasteiger partial charge in [-0.3, -0.25) is 4.57 Å². The first-order valence-corrected chi connectivity index (χ1v) is 12.5. The molecule has 0 amide bonds. The van der Waals surface area contributed by atoms with E-state index in [-0.39, 0.29) is 36.4 Å². The van der Waals surface area contributed by atoms with Crippen LogP contribution in [0, 0.1) is 12.7 Å². The lowest BCUT2D eigenvalue weighted by molar-refractivity contribution is -0.0501. The van der Waals surface area contributed by atoms with E-state index in [2.05, 4.69) is 19.1 Å². The molecule has 1 aliphatic heterocycles. The fourth-order valence-corrected chi connectivity index (χ4v) is 4.21. The maximum absolute atomic E-state index is 13.5. The quantitative estimate of drug-likeness (QED) is 0.268. The lowest BCUT2D eigenvalue weighted by Crippen LogP contribution is -2.40. The summed E-state index contributed by atoms with van der Waals surface area (Å²) in [4.78, 5) is 26.1. The normalized spacial score (nSPS) is 16.3. The minimum atomic E-state index is -5.86. The molecule has 1 atom stereocenters. The molecule has 0 bridgehead atoms. The molecule has 1 aromatic carbocycles. The number of hydrogen-bond acceptors (Lipinski definition) is 9. The molecule has 1 unspecified atom stereocenters. The number of halogens is 5. The third-order valence-electron chi connectivity index (χ3n) is 5.52. The van der Waals surface area contributed by atoms with Gasteiger partial charge in [0, 0.05) is 18.8 Å². The number of alkyl halides is 3. The molecule has 16 heteroatoms. The summed E-state index contributed by atoms with van der Waals surface area (Å²) in [6.45, 7) is 1.73. The van der Waals surface area contributed by atoms with Crippen molar-refractivity contribution in [1.29, 1.82) is 0 Å². The van der Waals surface area contributed by atoms with Crippen molar-refractivity contribution in [3.63, 3.8) is 0 Å². The van der Waals surface area contributed by atoms with Gasteiger partial charge in [-0.25, -0.2) is 14.2 Å². The topological polar surface area (TPSA) is 128 Å². The van der Waals surface area contributed by atoms with Crippen LogP contribution in [0.1, 0.15) is 17.0 Å². The van der Waals surface area contributed by atoms with Gasteiger partial charge in [0.05, 0.1) is 24.2 Å². The summed E-state index contributed by atoms with van der Waals surface area (Å²) in [5.41, 5.74) is -4.87. The maximum atomic E-state index is 13.5. The second kappa shape index (κ2) is 10.3. The van der Waals surface area contributed by atoms with Crippen LogP contribution in [-0.2, 0) is 16.7 Å². The summed E-state index contributed by atoms with van der Waals surface area (Å²) in [6, 6.07) is 6.26. The van der Waals surface area contributed by atoms with Crippen molar-refractivity contribution in [2.75, 3.05) is 18.0 Å². The van der Waals surface area contributed by atoms with Crippen LogP contribution in [0.5, 0.6) is 5.88 Å². The van der Waals surface area contributed by atoms with Crippen molar-refractivity contribution in [3.8, 4) is 5.88 Å². The molecule has 1 N–H and O–H groups in total. The number of rotatable bonds is 6. The van der Waals surface area contributed by atoms with E-state index in [1.54, 1.807) is 11.0 Å². The first-order valence-electron chi connectivity index (χ1n) is 10.7. The van der Waals surface area contributed by atoms with Gasteiger partial charge in [-0.05, 0) is 35.8 Å². The number of benzene rings is 1. The molecule has 10 nitrogen and oxygen atoms in total. The van der Waals surface area contributed by atoms with Gasteiger partial charge in [0.2, 0.25) is 11.8 Å². The van der Waals surface area contributed by atoms with Crippen LogP contribution in [0.4, 0.5) is 23.5 Å². The highest BCUT2D eigenvalue weighted by atomic mass is 35.5. The van der Waals surface area contributed by atoms with Crippen LogP contribution < -0.4 is 14.8 Å². The van der Waals surface area contributed by atoms with Gasteiger partial charge >= 0.3 is 21.3 Å². The van der Waals surface area contributed by atoms with Crippen LogP contribution in [0.3, 0.4) is 0 Å². The maximum Gasteiger partial charge on any atom is 0.534 e. The predicted molar refractivity (Wildman–Crippen MR) is 128 cm³/mol. The third-order valence-corrected chi connectivity index (χ3v) is 6.76. The molecule has 3 heterocycles. The molecule has 202 valence electrons. The highest BCUT2D eigenvalue weighted by Crippen LogP contribution is 2.28. The molecule has 1 aliphatic rings. The van der Waals surface area contributed by atoms with Crippen LogP contribution in [0.25, 0.3) is 5.57 Å². The Balaban J connectivity index is 1.49. The zero-order valence-corrected chi connectivity index (χ0v) is 20.9. The first kappa shape index (κ1) is 27.5. The SMILES string of the molecule is Cc1nc(N2CC=C(c3ccc(F)c(Cl)c3)C(O)C2)nc(=O)n1Cc1ccc(OS(=O)(=O)C(F)(F)F)nc1. The Bertz CT molecular complexity index is 1560. The Hall–Kier alpha value is -3.56. The summed E-state index contributed by atoms with van der Waals surface area (Å²) in [7, 11) is -5.86. The van der Waals surface area contributed by atoms with Crippen LogP contribution in [0.15, 0.2) is 47.4 Å². The Morgan fingerprint density at radius 1 is 1.21 bits per heavy atom. The monoisotopic (exact) mass is 575 g/mol. The summed E-state index contributed by atoms with van der Waals surface area (Å²) in [5, 5.41) is 10.6. The Labute approximate surface area is 217 Å². The van der Waals surface area contributed by atoms with Crippen molar-refractivity contribution in [2.24, 2.45) is 0 Å². The molecule has 2 aromatic heterocycles. The Kier molecular flexibility index (Phi) is 7.45. The molecule has 38 heavy (non-hydrogen) atoms. The minimum Gasteiger partial charge on any atom is -0.387 e. The number of aliphatic hydroxyl groups is 1. The van der Waals surface area contributed by atoms with Crippen LogP contribution >= 0.6 is 11.6 Å². The summed E-state index contributed by atoms with van der Waals surface area (Å²) < 4.78 is 78.2. The van der Waals surface area contributed by atoms with Crippen LogP contribution in [0.2, 0.25) is 5.02 Å². The molecular formula is C22H18ClF4N5O5S. The van der Waals surface area contributed by atoms with E-state index in [0.717, 1.165) is 12.3 Å². The number of aryl methyl sites for hydroxylation is 1. The van der Waals surface area contributed by atoms with Crippen molar-refractivity contribution in [1.82, 2.24) is 19.5 Å². The highest BCUT2D eigenvalue weighted by Gasteiger charge is 2.48. The number of nitrogens with zero attached hydrogens (tertiary/aromatic N) is 5. The molecule has 0 fully saturated rings. The fraction of sp³-hybridized carbons (Fsp3) is 0.273. The van der Waals surface area contributed by atoms with Crippen molar-refractivity contribution < 1.29 is 35.3 Å². The highest BCUT2D eigenvalue weighted by molar-refractivity contribution is 7.87. The molecule has 0 saturated heterocycles. The van der Waals surface area contributed by atoms with E-state index in [4.69, 9.17) is 11.6 Å². The fourth-order valence-electron chi connectivity index (χ4n) is 3.61. The average Bonchev–Trinajstić information content (AvgIpc) is 2.83. The zero-order valence-electron chi connectivity index (χ0n) is 19.4. The molecule has 0 aliphatic carbocycles. The lowest BCUT2D eigenvalue weighted by Gasteiger charge is -2.30. The minimum absolute atomic E-state index is 0.0515. The molecule has 0 saturated carbocycles. The van der Waals surface area contributed by atoms with Gasteiger partial charge in [-0.2, -0.15) is 31.6 Å². The van der Waals surface area contributed by atoms with Crippen molar-refractivity contribution in [3.05, 3.63) is 80.9 Å². The van der Waals surface area contributed by atoms with E-state index in [1.807, 2.05) is 0 Å². The molecule has 4 rings (SSSR count). The number of β-amino-alcohol motifs (C(OH)–C–C–N with tert-alkyl or cyclic N) is 1. The zero-order chi connectivity index (χ0) is 27.8. The van der Waals surface area contributed by atoms with E-state index in [9.17, 15) is 35.9 Å². The molecule has 0 spiro atoms. The van der Waals surface area contributed by atoms with E-state index >= 15 is 0 Å². The van der Waals surface area contributed by atoms with E-state index in [0.29, 0.717) is 16.7 Å². The van der Waals surface area contributed by atoms with E-state index < -0.39 is 39.1 Å². The average molecular weight is 576 g/mol. The van der Waals surface area contributed by atoms with E-state index in [1.165, 1.54) is 35.8 Å². The molecule has 3 aromatic rings. The third kappa shape index (κ3) is 5.79. The predicted octanol–water partition coefficient (Wildman–Crippen LogP) is 2.68. The second-order valence-electron chi connectivity index (χ2n) is 8.14. The molecule has 0 radical (unpaired) electrons. The number of anilines is 1. The van der Waals surface area contributed by atoms with Crippen molar-refractivity contribution >= 4 is 33.2 Å². The summed E-state index contributed by atoms with van der Waals surface area (Å²) in [5.74, 6) is -1.06. The standard InChI is InChI=1S/C22H18ClF4N5O5S/c1-12-29-20(31-7-6-15(18(33)11-31)14-3-4-17(24)16(23)8-14)30-21(34)32(12)10-13-2-5-19(28-9-13)37-38(35,36)22(25,26)27/h2-6,8-9,18,33H,7,10-11H2,1H3. The second-order valence-corrected chi connectivity index (χ2v) is 10.1. The van der Waals surface area contributed by atoms with Crippen LogP contribution in [-0.4, -0.2) is 57.7 Å². The van der Waals surface area contributed by atoms with Gasteiger partial charge < -0.3 is 14.2 Å². The summed E-state index contributed by atoms with van der Waals surface area (Å²) >= 11 is 5.84. The Morgan fingerprint density at radius 2 is 1.95 bits per heavy atom. The van der Waals surface area contributed by atoms with Gasteiger partial charge in [0.1, 0.15) is 11.6 Å². The number of pyridine rings is 1. The number of hydrogen-bond donors (Lipinski definition) is 1. The van der Waals surface area contributed by atoms with Gasteiger partial charge in [-0.1, -0.05) is 29.8 Å². The molecular weight excluding hydrogens is 558 g/mol. The van der Waals surface area contributed by atoms with Gasteiger partial charge in [0.25, 0.3) is 0 Å². The summed E-state index contributed by atoms with van der Waals surface area (Å²) in [6.07, 6.45) is 1.75. The first-order chi connectivity index (χ1) is 17.7.